The number of nitrogens with one attached hydrogen (secondary N) is 1. The molecule has 7 heteroatoms. The van der Waals surface area contributed by atoms with Crippen LogP contribution < -0.4 is 5.43 Å². The first-order valence-corrected chi connectivity index (χ1v) is 9.03. The van der Waals surface area contributed by atoms with Gasteiger partial charge in [-0.3, -0.25) is 4.79 Å². The molecule has 3 nitrogen and oxygen atoms in total. The summed E-state index contributed by atoms with van der Waals surface area (Å²) >= 11 is 11.6. The topological polar surface area (TPSA) is 41.5 Å². The summed E-state index contributed by atoms with van der Waals surface area (Å²) in [5.41, 5.74) is 3.91. The van der Waals surface area contributed by atoms with Crippen molar-refractivity contribution in [3.8, 4) is 0 Å². The van der Waals surface area contributed by atoms with E-state index >= 15 is 0 Å². The van der Waals surface area contributed by atoms with E-state index in [1.54, 1.807) is 53.6 Å². The highest BCUT2D eigenvalue weighted by Gasteiger charge is 2.08. The zero-order valence-corrected chi connectivity index (χ0v) is 14.9. The Morgan fingerprint density at radius 1 is 1.50 bits per heavy atom. The highest BCUT2D eigenvalue weighted by atomic mass is 127. The smallest absolute Gasteiger partial charge is 0.267 e. The van der Waals surface area contributed by atoms with Crippen LogP contribution in [0.5, 0.6) is 0 Å². The fourth-order valence-corrected chi connectivity index (χ4v) is 4.68. The first-order chi connectivity index (χ1) is 9.61. The lowest BCUT2D eigenvalue weighted by atomic mass is 10.2. The first-order valence-electron chi connectivity index (χ1n) is 5.53. The second-order valence-electron chi connectivity index (χ2n) is 3.68. The molecular weight excluding hydrogens is 427 g/mol. The van der Waals surface area contributed by atoms with Crippen molar-refractivity contribution in [2.24, 2.45) is 5.10 Å². The number of hydrazone groups is 1. The maximum Gasteiger partial charge on any atom is 0.272 e. The largest absolute Gasteiger partial charge is 0.272 e. The van der Waals surface area contributed by atoms with Gasteiger partial charge in [0.05, 0.1) is 23.9 Å². The Bertz CT molecular complexity index is 658. The lowest BCUT2D eigenvalue weighted by Crippen LogP contribution is -2.17. The average molecular weight is 437 g/mol. The number of nitrogens with zero attached hydrogens (tertiary/aromatic N) is 1. The number of halogens is 2. The molecule has 0 fully saturated rings. The van der Waals surface area contributed by atoms with Crippen molar-refractivity contribution >= 4 is 69.4 Å². The molecule has 104 valence electrons. The Balaban J connectivity index is 2.06. The van der Waals surface area contributed by atoms with Gasteiger partial charge in [0.1, 0.15) is 0 Å². The van der Waals surface area contributed by atoms with Gasteiger partial charge in [-0.2, -0.15) is 5.10 Å². The highest BCUT2D eigenvalue weighted by Crippen LogP contribution is 2.30. The summed E-state index contributed by atoms with van der Waals surface area (Å²) in [5, 5.41) is 4.40. The molecule has 0 saturated carbocycles. The first kappa shape index (κ1) is 15.8. The number of hydrogen-bond donors (Lipinski definition) is 1. The second-order valence-corrected chi connectivity index (χ2v) is 8.10. The van der Waals surface area contributed by atoms with Gasteiger partial charge in [0.15, 0.2) is 0 Å². The third kappa shape index (κ3) is 3.97. The minimum absolute atomic E-state index is 0.317. The Labute approximate surface area is 143 Å². The van der Waals surface area contributed by atoms with E-state index < -0.39 is 0 Å². The summed E-state index contributed by atoms with van der Waals surface area (Å²) in [6.07, 6.45) is 3.67. The van der Waals surface area contributed by atoms with E-state index in [2.05, 4.69) is 33.1 Å². The summed E-state index contributed by atoms with van der Waals surface area (Å²) < 4.78 is 2.36. The molecule has 0 unspecified atom stereocenters. The monoisotopic (exact) mass is 436 g/mol. The molecule has 0 aliphatic rings. The maximum atomic E-state index is 11.9. The van der Waals surface area contributed by atoms with Crippen LogP contribution in [0.3, 0.4) is 0 Å². The van der Waals surface area contributed by atoms with Gasteiger partial charge in [-0.1, -0.05) is 23.7 Å². The highest BCUT2D eigenvalue weighted by molar-refractivity contribution is 14.1. The molecule has 1 aromatic heterocycles. The fraction of sp³-hybridized carbons (Fsp3) is 0.0769. The molecule has 2 rings (SSSR count). The van der Waals surface area contributed by atoms with Gasteiger partial charge < -0.3 is 0 Å². The van der Waals surface area contributed by atoms with Crippen molar-refractivity contribution in [3.05, 3.63) is 49.4 Å². The van der Waals surface area contributed by atoms with Crippen molar-refractivity contribution in [2.75, 3.05) is 6.26 Å². The number of thiophene rings is 1. The van der Waals surface area contributed by atoms with Crippen molar-refractivity contribution in [1.29, 1.82) is 0 Å². The van der Waals surface area contributed by atoms with E-state index in [0.717, 1.165) is 5.56 Å². The lowest BCUT2D eigenvalue weighted by Gasteiger charge is -2.01. The number of amides is 1. The molecule has 0 atom stereocenters. The van der Waals surface area contributed by atoms with Crippen molar-refractivity contribution in [1.82, 2.24) is 5.43 Å². The molecule has 1 heterocycles. The van der Waals surface area contributed by atoms with Crippen LogP contribution in [0, 0.1) is 2.88 Å². The van der Waals surface area contributed by atoms with Gasteiger partial charge in [-0.25, -0.2) is 5.43 Å². The predicted molar refractivity (Wildman–Crippen MR) is 95.3 cm³/mol. The van der Waals surface area contributed by atoms with Crippen LogP contribution >= 0.6 is 57.3 Å². The number of hydrogen-bond acceptors (Lipinski definition) is 4. The predicted octanol–water partition coefficient (Wildman–Crippen LogP) is 4.49. The van der Waals surface area contributed by atoms with Crippen LogP contribution in [-0.4, -0.2) is 18.4 Å². The molecule has 1 amide bonds. The third-order valence-electron chi connectivity index (χ3n) is 2.37. The van der Waals surface area contributed by atoms with E-state index in [9.17, 15) is 4.79 Å². The number of benzene rings is 1. The number of rotatable bonds is 4. The summed E-state index contributed by atoms with van der Waals surface area (Å²) in [6, 6.07) is 8.90. The summed E-state index contributed by atoms with van der Waals surface area (Å²) in [4.78, 5) is 11.9. The zero-order chi connectivity index (χ0) is 14.5. The normalized spacial score (nSPS) is 10.9. The summed E-state index contributed by atoms with van der Waals surface area (Å²) in [6.45, 7) is 0. The van der Waals surface area contributed by atoms with Gasteiger partial charge in [0.2, 0.25) is 0 Å². The van der Waals surface area contributed by atoms with E-state index in [1.807, 2.05) is 12.3 Å². The lowest BCUT2D eigenvalue weighted by molar-refractivity contribution is 0.0955. The Morgan fingerprint density at radius 2 is 2.25 bits per heavy atom. The molecule has 2 aromatic rings. The van der Waals surface area contributed by atoms with Gasteiger partial charge in [-0.05, 0) is 47.0 Å². The van der Waals surface area contributed by atoms with Crippen molar-refractivity contribution < 1.29 is 4.79 Å². The zero-order valence-electron chi connectivity index (χ0n) is 10.4. The van der Waals surface area contributed by atoms with Crippen LogP contribution in [0.1, 0.15) is 15.9 Å². The number of carbonyl (C=O) groups excluding carboxylic acids is 1. The molecule has 0 spiro atoms. The van der Waals surface area contributed by atoms with E-state index in [-0.39, 0.29) is 5.91 Å². The van der Waals surface area contributed by atoms with Crippen LogP contribution in [-0.2, 0) is 0 Å². The molecule has 1 N–H and O–H groups in total. The standard InChI is InChI=1S/C13H10ClIN2OS2/c1-19-13-8(6-11(15)20-13)7-16-17-12(18)9-4-2-3-5-10(9)14/h2-7H,1H3,(H,17,18). The van der Waals surface area contributed by atoms with Crippen LogP contribution in [0.4, 0.5) is 0 Å². The molecule has 0 bridgehead atoms. The number of carbonyl (C=O) groups is 1. The molecular formula is C13H10ClIN2OS2. The summed E-state index contributed by atoms with van der Waals surface area (Å²) in [5.74, 6) is -0.317. The maximum absolute atomic E-state index is 11.9. The van der Waals surface area contributed by atoms with E-state index in [4.69, 9.17) is 11.6 Å². The molecule has 0 aliphatic carbocycles. The second kappa shape index (κ2) is 7.44. The van der Waals surface area contributed by atoms with Crippen LogP contribution in [0.2, 0.25) is 5.02 Å². The van der Waals surface area contributed by atoms with Gasteiger partial charge >= 0.3 is 0 Å². The van der Waals surface area contributed by atoms with Crippen LogP contribution in [0.15, 0.2) is 39.6 Å². The molecule has 20 heavy (non-hydrogen) atoms. The van der Waals surface area contributed by atoms with E-state index in [0.29, 0.717) is 10.6 Å². The Kier molecular flexibility index (Phi) is 5.88. The molecule has 0 radical (unpaired) electrons. The minimum atomic E-state index is -0.317. The Morgan fingerprint density at radius 3 is 2.95 bits per heavy atom. The minimum Gasteiger partial charge on any atom is -0.267 e. The third-order valence-corrected chi connectivity index (χ3v) is 5.76. The average Bonchev–Trinajstić information content (AvgIpc) is 2.79. The molecule has 0 aliphatic heterocycles. The van der Waals surface area contributed by atoms with Crippen molar-refractivity contribution in [3.63, 3.8) is 0 Å². The van der Waals surface area contributed by atoms with Crippen molar-refractivity contribution in [2.45, 2.75) is 4.21 Å². The van der Waals surface area contributed by atoms with Gasteiger partial charge in [0.25, 0.3) is 5.91 Å². The number of thioether (sulfide) groups is 1. The quantitative estimate of drug-likeness (QED) is 0.332. The SMILES string of the molecule is CSc1sc(I)cc1C=NNC(=O)c1ccccc1Cl. The fourth-order valence-electron chi connectivity index (χ4n) is 1.47. The van der Waals surface area contributed by atoms with Crippen LogP contribution in [0.25, 0.3) is 0 Å². The van der Waals surface area contributed by atoms with Gasteiger partial charge in [0, 0.05) is 5.56 Å². The Hall–Kier alpha value is -0.570. The molecule has 0 saturated heterocycles. The summed E-state index contributed by atoms with van der Waals surface area (Å²) in [7, 11) is 0. The molecule has 1 aromatic carbocycles. The van der Waals surface area contributed by atoms with Gasteiger partial charge in [-0.15, -0.1) is 23.1 Å². The van der Waals surface area contributed by atoms with E-state index in [1.165, 1.54) is 7.09 Å².